The minimum atomic E-state index is 0.218. The van der Waals surface area contributed by atoms with Gasteiger partial charge in [-0.3, -0.25) is 0 Å². The molecular formula is C14H21N3O. The van der Waals surface area contributed by atoms with Gasteiger partial charge in [-0.1, -0.05) is 0 Å². The summed E-state index contributed by atoms with van der Waals surface area (Å²) >= 11 is 0. The van der Waals surface area contributed by atoms with Gasteiger partial charge in [0.1, 0.15) is 5.82 Å². The number of hydrogen-bond acceptors (Lipinski definition) is 4. The topological polar surface area (TPSA) is 47.0 Å². The Hall–Kier alpha value is -1.00. The zero-order chi connectivity index (χ0) is 12.4. The second-order valence-electron chi connectivity index (χ2n) is 5.50. The van der Waals surface area contributed by atoms with Crippen LogP contribution >= 0.6 is 0 Å². The van der Waals surface area contributed by atoms with Gasteiger partial charge in [-0.25, -0.2) is 9.97 Å². The van der Waals surface area contributed by atoms with Crippen molar-refractivity contribution in [1.82, 2.24) is 15.3 Å². The molecule has 1 saturated carbocycles. The zero-order valence-electron chi connectivity index (χ0n) is 11.0. The highest BCUT2D eigenvalue weighted by Gasteiger charge is 2.46. The summed E-state index contributed by atoms with van der Waals surface area (Å²) in [4.78, 5) is 9.35. The molecule has 1 aliphatic heterocycles. The van der Waals surface area contributed by atoms with E-state index in [1.165, 1.54) is 18.5 Å². The molecule has 0 radical (unpaired) electrons. The van der Waals surface area contributed by atoms with Gasteiger partial charge in [-0.2, -0.15) is 0 Å². The normalized spacial score (nSPS) is 22.9. The van der Waals surface area contributed by atoms with Crippen molar-refractivity contribution in [3.05, 3.63) is 23.8 Å². The molecule has 0 spiro atoms. The summed E-state index contributed by atoms with van der Waals surface area (Å²) in [6.45, 7) is 2.72. The molecule has 98 valence electrons. The molecule has 0 amide bonds. The van der Waals surface area contributed by atoms with Gasteiger partial charge in [0.05, 0.1) is 0 Å². The summed E-state index contributed by atoms with van der Waals surface area (Å²) < 4.78 is 5.42. The lowest BCUT2D eigenvalue weighted by molar-refractivity contribution is 0.0844. The predicted molar refractivity (Wildman–Crippen MR) is 69.7 cm³/mol. The van der Waals surface area contributed by atoms with Gasteiger partial charge >= 0.3 is 0 Å². The van der Waals surface area contributed by atoms with Crippen LogP contribution in [-0.4, -0.2) is 36.8 Å². The molecular weight excluding hydrogens is 226 g/mol. The van der Waals surface area contributed by atoms with E-state index >= 15 is 0 Å². The first-order valence-electron chi connectivity index (χ1n) is 6.90. The maximum absolute atomic E-state index is 5.42. The number of nitrogens with one attached hydrogen (secondary N) is 1. The Labute approximate surface area is 108 Å². The number of likely N-dealkylation sites (N-methyl/N-ethyl adjacent to an activating group) is 1. The summed E-state index contributed by atoms with van der Waals surface area (Å²) in [7, 11) is 2.00. The van der Waals surface area contributed by atoms with Gasteiger partial charge in [-0.15, -0.1) is 0 Å². The molecule has 1 aromatic rings. The smallest absolute Gasteiger partial charge is 0.135 e. The maximum Gasteiger partial charge on any atom is 0.135 e. The van der Waals surface area contributed by atoms with Gasteiger partial charge in [0.2, 0.25) is 0 Å². The van der Waals surface area contributed by atoms with E-state index in [0.29, 0.717) is 5.92 Å². The summed E-state index contributed by atoms with van der Waals surface area (Å²) in [5, 5.41) is 3.27. The number of ether oxygens (including phenoxy) is 1. The van der Waals surface area contributed by atoms with Gasteiger partial charge < -0.3 is 10.1 Å². The predicted octanol–water partition coefficient (Wildman–Crippen LogP) is 1.62. The fraction of sp³-hybridized carbons (Fsp3) is 0.714. The lowest BCUT2D eigenvalue weighted by Crippen LogP contribution is -2.26. The molecule has 0 bridgehead atoms. The second kappa shape index (κ2) is 4.94. The van der Waals surface area contributed by atoms with Crippen LogP contribution in [0.25, 0.3) is 0 Å². The lowest BCUT2D eigenvalue weighted by atomic mass is 9.96. The van der Waals surface area contributed by atoms with E-state index in [1.807, 2.05) is 13.2 Å². The molecule has 0 aromatic carbocycles. The molecule has 4 nitrogen and oxygen atoms in total. The molecule has 0 atom stereocenters. The molecule has 2 heterocycles. The van der Waals surface area contributed by atoms with Crippen molar-refractivity contribution in [2.75, 3.05) is 26.8 Å². The first kappa shape index (κ1) is 12.1. The first-order valence-corrected chi connectivity index (χ1v) is 6.90. The van der Waals surface area contributed by atoms with Crippen molar-refractivity contribution in [3.8, 4) is 0 Å². The monoisotopic (exact) mass is 247 g/mol. The van der Waals surface area contributed by atoms with E-state index < -0.39 is 0 Å². The van der Waals surface area contributed by atoms with Crippen LogP contribution in [0.15, 0.2) is 12.3 Å². The van der Waals surface area contributed by atoms with Crippen molar-refractivity contribution >= 4 is 0 Å². The second-order valence-corrected chi connectivity index (χ2v) is 5.50. The Morgan fingerprint density at radius 1 is 1.39 bits per heavy atom. The van der Waals surface area contributed by atoms with Crippen LogP contribution in [0.4, 0.5) is 0 Å². The summed E-state index contributed by atoms with van der Waals surface area (Å²) in [5.41, 5.74) is 1.43. The standard InChI is InChI=1S/C14H21N3O/c1-15-10-14(5-6-14)13-16-7-2-12(17-13)11-3-8-18-9-4-11/h2,7,11,15H,3-6,8-10H2,1H3. The molecule has 2 aliphatic rings. The summed E-state index contributed by atoms with van der Waals surface area (Å²) in [6.07, 6.45) is 6.55. The van der Waals surface area contributed by atoms with Crippen molar-refractivity contribution in [1.29, 1.82) is 0 Å². The van der Waals surface area contributed by atoms with Crippen LogP contribution in [0.5, 0.6) is 0 Å². The highest BCUT2D eigenvalue weighted by molar-refractivity contribution is 5.21. The van der Waals surface area contributed by atoms with E-state index in [4.69, 9.17) is 9.72 Å². The lowest BCUT2D eigenvalue weighted by Gasteiger charge is -2.22. The van der Waals surface area contributed by atoms with Gasteiger partial charge in [0, 0.05) is 43.0 Å². The fourth-order valence-electron chi connectivity index (χ4n) is 2.82. The number of nitrogens with zero attached hydrogens (tertiary/aromatic N) is 2. The molecule has 1 saturated heterocycles. The third-order valence-corrected chi connectivity index (χ3v) is 4.16. The molecule has 2 fully saturated rings. The molecule has 1 aliphatic carbocycles. The largest absolute Gasteiger partial charge is 0.381 e. The number of rotatable bonds is 4. The third kappa shape index (κ3) is 2.27. The third-order valence-electron chi connectivity index (χ3n) is 4.16. The van der Waals surface area contributed by atoms with E-state index in [9.17, 15) is 0 Å². The Bertz CT molecular complexity index is 411. The molecule has 4 heteroatoms. The number of aromatic nitrogens is 2. The molecule has 18 heavy (non-hydrogen) atoms. The minimum Gasteiger partial charge on any atom is -0.381 e. The summed E-state index contributed by atoms with van der Waals surface area (Å²) in [5.74, 6) is 1.60. The molecule has 3 rings (SSSR count). The van der Waals surface area contributed by atoms with Crippen molar-refractivity contribution in [2.24, 2.45) is 0 Å². The minimum absolute atomic E-state index is 0.218. The van der Waals surface area contributed by atoms with E-state index in [0.717, 1.165) is 38.4 Å². The van der Waals surface area contributed by atoms with E-state index in [2.05, 4.69) is 16.4 Å². The van der Waals surface area contributed by atoms with E-state index in [-0.39, 0.29) is 5.41 Å². The van der Waals surface area contributed by atoms with Crippen LogP contribution < -0.4 is 5.32 Å². The first-order chi connectivity index (χ1) is 8.84. The van der Waals surface area contributed by atoms with Crippen molar-refractivity contribution < 1.29 is 4.74 Å². The Morgan fingerprint density at radius 2 is 2.17 bits per heavy atom. The Kier molecular flexibility index (Phi) is 3.31. The van der Waals surface area contributed by atoms with Crippen LogP contribution in [0.3, 0.4) is 0 Å². The SMILES string of the molecule is CNCC1(c2nccc(C3CCOCC3)n2)CC1. The highest BCUT2D eigenvalue weighted by Crippen LogP contribution is 2.46. The quantitative estimate of drug-likeness (QED) is 0.878. The molecule has 0 unspecified atom stereocenters. The average Bonchev–Trinajstić information content (AvgIpc) is 3.21. The molecule has 1 N–H and O–H groups in total. The zero-order valence-corrected chi connectivity index (χ0v) is 11.0. The number of hydrogen-bond donors (Lipinski definition) is 1. The maximum atomic E-state index is 5.42. The summed E-state index contributed by atoms with van der Waals surface area (Å²) in [6, 6.07) is 2.08. The highest BCUT2D eigenvalue weighted by atomic mass is 16.5. The van der Waals surface area contributed by atoms with E-state index in [1.54, 1.807) is 0 Å². The van der Waals surface area contributed by atoms with Crippen LogP contribution in [0.2, 0.25) is 0 Å². The van der Waals surface area contributed by atoms with Crippen LogP contribution in [0, 0.1) is 0 Å². The van der Waals surface area contributed by atoms with Gasteiger partial charge in [-0.05, 0) is 38.8 Å². The van der Waals surface area contributed by atoms with Crippen molar-refractivity contribution in [3.63, 3.8) is 0 Å². The van der Waals surface area contributed by atoms with Crippen LogP contribution in [-0.2, 0) is 10.2 Å². The fourth-order valence-corrected chi connectivity index (χ4v) is 2.82. The Balaban J connectivity index is 1.80. The van der Waals surface area contributed by atoms with Crippen molar-refractivity contribution in [2.45, 2.75) is 37.0 Å². The van der Waals surface area contributed by atoms with Gasteiger partial charge in [0.15, 0.2) is 0 Å². The van der Waals surface area contributed by atoms with Gasteiger partial charge in [0.25, 0.3) is 0 Å². The molecule has 1 aromatic heterocycles. The Morgan fingerprint density at radius 3 is 2.83 bits per heavy atom. The van der Waals surface area contributed by atoms with Crippen LogP contribution in [0.1, 0.15) is 43.1 Å². The average molecular weight is 247 g/mol.